The van der Waals surface area contributed by atoms with Crippen LogP contribution in [0.5, 0.6) is 0 Å². The molecule has 1 aromatic carbocycles. The number of hydrogen-bond donors (Lipinski definition) is 1. The summed E-state index contributed by atoms with van der Waals surface area (Å²) in [6, 6.07) is 9.41. The van der Waals surface area contributed by atoms with Crippen LogP contribution < -0.4 is 5.32 Å². The molecule has 128 valence electrons. The number of aromatic nitrogens is 4. The minimum Gasteiger partial charge on any atom is -0.343 e. The number of benzene rings is 1. The normalized spacial score (nSPS) is 13.2. The summed E-state index contributed by atoms with van der Waals surface area (Å²) in [5.74, 6) is -0.126. The van der Waals surface area contributed by atoms with Crippen molar-refractivity contribution in [3.05, 3.63) is 77.6 Å². The summed E-state index contributed by atoms with van der Waals surface area (Å²) in [5, 5.41) is 7.18. The van der Waals surface area contributed by atoms with E-state index in [1.807, 2.05) is 12.1 Å². The molecule has 1 N–H and O–H groups in total. The Morgan fingerprint density at radius 1 is 1.12 bits per heavy atom. The lowest BCUT2D eigenvalue weighted by Gasteiger charge is -2.22. The lowest BCUT2D eigenvalue weighted by molar-refractivity contribution is -0.124. The highest BCUT2D eigenvalue weighted by atomic mass is 16.2. The summed E-state index contributed by atoms with van der Waals surface area (Å²) < 4.78 is 1.54. The minimum atomic E-state index is -0.451. The Morgan fingerprint density at radius 3 is 2.48 bits per heavy atom. The molecule has 0 fully saturated rings. The quantitative estimate of drug-likeness (QED) is 0.778. The van der Waals surface area contributed by atoms with Crippen LogP contribution in [-0.4, -0.2) is 25.7 Å². The second-order valence-corrected chi connectivity index (χ2v) is 6.20. The van der Waals surface area contributed by atoms with E-state index < -0.39 is 6.04 Å². The topological polar surface area (TPSA) is 72.7 Å². The van der Waals surface area contributed by atoms with Crippen LogP contribution in [0.15, 0.2) is 55.4 Å². The number of pyridine rings is 1. The van der Waals surface area contributed by atoms with Crippen LogP contribution >= 0.6 is 0 Å². The van der Waals surface area contributed by atoms with Gasteiger partial charge in [-0.25, -0.2) is 9.67 Å². The van der Waals surface area contributed by atoms with Crippen molar-refractivity contribution in [2.45, 2.75) is 32.9 Å². The van der Waals surface area contributed by atoms with Crippen LogP contribution in [0, 0.1) is 13.8 Å². The van der Waals surface area contributed by atoms with Crippen molar-refractivity contribution in [2.24, 2.45) is 0 Å². The van der Waals surface area contributed by atoms with Gasteiger partial charge in [-0.1, -0.05) is 35.4 Å². The zero-order chi connectivity index (χ0) is 17.8. The Kier molecular flexibility index (Phi) is 4.88. The van der Waals surface area contributed by atoms with Gasteiger partial charge in [-0.2, -0.15) is 5.10 Å². The molecule has 6 heteroatoms. The van der Waals surface area contributed by atoms with Gasteiger partial charge in [-0.05, 0) is 38.0 Å². The smallest absolute Gasteiger partial charge is 0.245 e. The number of carbonyl (C=O) groups excluding carboxylic acids is 1. The molecule has 0 radical (unpaired) electrons. The number of nitrogens with one attached hydrogen (secondary N) is 1. The van der Waals surface area contributed by atoms with E-state index in [1.54, 1.807) is 25.6 Å². The first-order valence-corrected chi connectivity index (χ1v) is 8.17. The fourth-order valence-electron chi connectivity index (χ4n) is 2.88. The van der Waals surface area contributed by atoms with Gasteiger partial charge in [0.1, 0.15) is 18.7 Å². The van der Waals surface area contributed by atoms with Gasteiger partial charge in [0.2, 0.25) is 5.91 Å². The zero-order valence-corrected chi connectivity index (χ0v) is 14.5. The average Bonchev–Trinajstić information content (AvgIpc) is 3.13. The van der Waals surface area contributed by atoms with E-state index in [0.29, 0.717) is 0 Å². The Bertz CT molecular complexity index is 825. The maximum absolute atomic E-state index is 12.7. The van der Waals surface area contributed by atoms with Crippen LogP contribution in [0.1, 0.15) is 41.3 Å². The van der Waals surface area contributed by atoms with E-state index in [4.69, 9.17) is 0 Å². The van der Waals surface area contributed by atoms with Crippen LogP contribution in [-0.2, 0) is 4.79 Å². The summed E-state index contributed by atoms with van der Waals surface area (Å²) in [4.78, 5) is 20.9. The Balaban J connectivity index is 1.93. The third-order valence-corrected chi connectivity index (χ3v) is 4.09. The largest absolute Gasteiger partial charge is 0.343 e. The number of aryl methyl sites for hydroxylation is 2. The van der Waals surface area contributed by atoms with E-state index in [2.05, 4.69) is 52.4 Å². The van der Waals surface area contributed by atoms with Crippen molar-refractivity contribution in [1.29, 1.82) is 0 Å². The minimum absolute atomic E-state index is 0.126. The van der Waals surface area contributed by atoms with Gasteiger partial charge >= 0.3 is 0 Å². The van der Waals surface area contributed by atoms with Crippen LogP contribution in [0.2, 0.25) is 0 Å². The molecule has 0 aliphatic heterocycles. The molecule has 6 nitrogen and oxygen atoms in total. The summed E-state index contributed by atoms with van der Waals surface area (Å²) in [7, 11) is 0. The molecule has 0 aliphatic rings. The zero-order valence-electron chi connectivity index (χ0n) is 14.5. The summed E-state index contributed by atoms with van der Waals surface area (Å²) in [6.07, 6.45) is 6.47. The average molecular weight is 335 g/mol. The monoisotopic (exact) mass is 335 g/mol. The molecule has 3 rings (SSSR count). The second kappa shape index (κ2) is 7.25. The van der Waals surface area contributed by atoms with Crippen molar-refractivity contribution < 1.29 is 4.79 Å². The van der Waals surface area contributed by atoms with Crippen molar-refractivity contribution in [2.75, 3.05) is 0 Å². The van der Waals surface area contributed by atoms with Gasteiger partial charge in [0.25, 0.3) is 0 Å². The number of carbonyl (C=O) groups is 1. The van der Waals surface area contributed by atoms with Gasteiger partial charge in [0.15, 0.2) is 0 Å². The van der Waals surface area contributed by atoms with Crippen LogP contribution in [0.25, 0.3) is 0 Å². The van der Waals surface area contributed by atoms with Crippen molar-refractivity contribution in [3.63, 3.8) is 0 Å². The highest BCUT2D eigenvalue weighted by Crippen LogP contribution is 2.24. The number of rotatable bonds is 5. The fourth-order valence-corrected chi connectivity index (χ4v) is 2.88. The molecule has 3 aromatic rings. The molecule has 0 unspecified atom stereocenters. The highest BCUT2D eigenvalue weighted by Gasteiger charge is 2.22. The molecule has 2 aromatic heterocycles. The van der Waals surface area contributed by atoms with E-state index >= 15 is 0 Å². The molecule has 2 heterocycles. The van der Waals surface area contributed by atoms with E-state index in [0.717, 1.165) is 22.3 Å². The first kappa shape index (κ1) is 16.8. The third-order valence-electron chi connectivity index (χ3n) is 4.09. The van der Waals surface area contributed by atoms with Crippen LogP contribution in [0.3, 0.4) is 0 Å². The summed E-state index contributed by atoms with van der Waals surface area (Å²) in [6.45, 7) is 5.90. The molecule has 0 saturated heterocycles. The lowest BCUT2D eigenvalue weighted by Crippen LogP contribution is -2.35. The predicted molar refractivity (Wildman–Crippen MR) is 94.9 cm³/mol. The SMILES string of the molecule is Cc1cc(C)cc([C@H](NC(=O)[C@H](C)n2cncn2)c2cccnc2)c1. The van der Waals surface area contributed by atoms with Crippen molar-refractivity contribution in [3.8, 4) is 0 Å². The molecular weight excluding hydrogens is 314 g/mol. The molecule has 0 bridgehead atoms. The summed E-state index contributed by atoms with van der Waals surface area (Å²) in [5.41, 5.74) is 4.28. The number of amides is 1. The number of nitrogens with zero attached hydrogens (tertiary/aromatic N) is 4. The Hall–Kier alpha value is -3.02. The standard InChI is InChI=1S/C19H21N5O/c1-13-7-14(2)9-17(8-13)18(16-5-4-6-20-10-16)23-19(25)15(3)24-12-21-11-22-24/h4-12,15,18H,1-3H3,(H,23,25)/t15-,18+/m0/s1. The van der Waals surface area contributed by atoms with Gasteiger partial charge in [-0.15, -0.1) is 0 Å². The van der Waals surface area contributed by atoms with E-state index in [9.17, 15) is 4.79 Å². The van der Waals surface area contributed by atoms with Gasteiger partial charge < -0.3 is 5.32 Å². The maximum atomic E-state index is 12.7. The molecule has 1 amide bonds. The predicted octanol–water partition coefficient (Wildman–Crippen LogP) is 2.76. The lowest BCUT2D eigenvalue weighted by atomic mass is 9.96. The van der Waals surface area contributed by atoms with Crippen LogP contribution in [0.4, 0.5) is 0 Å². The Morgan fingerprint density at radius 2 is 1.88 bits per heavy atom. The summed E-state index contributed by atoms with van der Waals surface area (Å²) >= 11 is 0. The van der Waals surface area contributed by atoms with Gasteiger partial charge in [0, 0.05) is 12.4 Å². The Labute approximate surface area is 146 Å². The van der Waals surface area contributed by atoms with Gasteiger partial charge in [-0.3, -0.25) is 9.78 Å². The number of hydrogen-bond acceptors (Lipinski definition) is 4. The molecule has 2 atom stereocenters. The first-order chi connectivity index (χ1) is 12.0. The first-order valence-electron chi connectivity index (χ1n) is 8.17. The molecule has 0 saturated carbocycles. The van der Waals surface area contributed by atoms with Crippen molar-refractivity contribution >= 4 is 5.91 Å². The van der Waals surface area contributed by atoms with E-state index in [1.165, 1.54) is 11.0 Å². The second-order valence-electron chi connectivity index (χ2n) is 6.20. The van der Waals surface area contributed by atoms with E-state index in [-0.39, 0.29) is 11.9 Å². The third kappa shape index (κ3) is 3.91. The molecule has 0 aliphatic carbocycles. The molecular formula is C19H21N5O. The highest BCUT2D eigenvalue weighted by molar-refractivity contribution is 5.80. The maximum Gasteiger partial charge on any atom is 0.245 e. The van der Waals surface area contributed by atoms with Crippen molar-refractivity contribution in [1.82, 2.24) is 25.1 Å². The fraction of sp³-hybridized carbons (Fsp3) is 0.263. The van der Waals surface area contributed by atoms with Gasteiger partial charge in [0.05, 0.1) is 6.04 Å². The molecule has 25 heavy (non-hydrogen) atoms. The molecule has 0 spiro atoms.